The lowest BCUT2D eigenvalue weighted by Gasteiger charge is -2.18. The summed E-state index contributed by atoms with van der Waals surface area (Å²) < 4.78 is 0. The van der Waals surface area contributed by atoms with Crippen LogP contribution in [0.4, 0.5) is 17.5 Å². The van der Waals surface area contributed by atoms with Crippen LogP contribution in [-0.4, -0.2) is 34.8 Å². The van der Waals surface area contributed by atoms with Crippen LogP contribution in [0.1, 0.15) is 5.56 Å². The van der Waals surface area contributed by atoms with Crippen molar-refractivity contribution in [1.82, 2.24) is 9.97 Å². The van der Waals surface area contributed by atoms with E-state index >= 15 is 0 Å². The number of aromatic nitrogens is 2. The van der Waals surface area contributed by atoms with Crippen LogP contribution in [0.3, 0.4) is 0 Å². The number of fused-ring (bicyclic) bond motifs is 1. The van der Waals surface area contributed by atoms with Gasteiger partial charge in [0.25, 0.3) is 0 Å². The van der Waals surface area contributed by atoms with Crippen molar-refractivity contribution in [1.29, 1.82) is 0 Å². The van der Waals surface area contributed by atoms with Gasteiger partial charge < -0.3 is 15.3 Å². The van der Waals surface area contributed by atoms with Gasteiger partial charge in [-0.15, -0.1) is 0 Å². The van der Waals surface area contributed by atoms with Crippen LogP contribution < -0.4 is 10.2 Å². The molecule has 2 N–H and O–H groups in total. The van der Waals surface area contributed by atoms with Crippen molar-refractivity contribution < 1.29 is 5.11 Å². The molecular formula is C14H15ClN4O. The number of halogens is 1. The summed E-state index contributed by atoms with van der Waals surface area (Å²) in [4.78, 5) is 10.9. The minimum absolute atomic E-state index is 0.0282. The van der Waals surface area contributed by atoms with Gasteiger partial charge in [-0.2, -0.15) is 4.98 Å². The molecule has 1 aromatic carbocycles. The van der Waals surface area contributed by atoms with Crippen molar-refractivity contribution in [3.63, 3.8) is 0 Å². The lowest BCUT2D eigenvalue weighted by atomic mass is 10.3. The fourth-order valence-electron chi connectivity index (χ4n) is 2.32. The zero-order valence-corrected chi connectivity index (χ0v) is 11.6. The number of aliphatic hydroxyl groups excluding tert-OH is 1. The Labute approximate surface area is 122 Å². The third-order valence-corrected chi connectivity index (χ3v) is 3.55. The molecule has 5 nitrogen and oxygen atoms in total. The molecule has 0 amide bonds. The van der Waals surface area contributed by atoms with E-state index in [0.29, 0.717) is 17.6 Å². The molecule has 2 aromatic rings. The normalized spacial score (nSPS) is 13.4. The molecule has 104 valence electrons. The number of benzene rings is 1. The highest BCUT2D eigenvalue weighted by atomic mass is 35.5. The van der Waals surface area contributed by atoms with Crippen LogP contribution in [0.5, 0.6) is 0 Å². The number of hydrogen-bond donors (Lipinski definition) is 2. The molecule has 1 aliphatic heterocycles. The maximum absolute atomic E-state index is 8.86. The lowest BCUT2D eigenvalue weighted by Crippen LogP contribution is -2.15. The summed E-state index contributed by atoms with van der Waals surface area (Å²) >= 11 is 6.23. The molecule has 3 rings (SSSR count). The van der Waals surface area contributed by atoms with Crippen molar-refractivity contribution >= 4 is 29.1 Å². The first-order valence-electron chi connectivity index (χ1n) is 6.53. The highest BCUT2D eigenvalue weighted by molar-refractivity contribution is 6.30. The first-order chi connectivity index (χ1) is 9.79. The molecule has 0 spiro atoms. The third-order valence-electron chi connectivity index (χ3n) is 3.24. The van der Waals surface area contributed by atoms with Gasteiger partial charge in [-0.3, -0.25) is 0 Å². The number of hydrogen-bond acceptors (Lipinski definition) is 5. The van der Waals surface area contributed by atoms with E-state index in [1.54, 1.807) is 0 Å². The second-order valence-corrected chi connectivity index (χ2v) is 4.89. The van der Waals surface area contributed by atoms with Gasteiger partial charge >= 0.3 is 0 Å². The van der Waals surface area contributed by atoms with E-state index in [-0.39, 0.29) is 6.61 Å². The maximum Gasteiger partial charge on any atom is 0.226 e. The molecule has 20 heavy (non-hydrogen) atoms. The quantitative estimate of drug-likeness (QED) is 0.846. The van der Waals surface area contributed by atoms with Gasteiger partial charge in [0.05, 0.1) is 6.61 Å². The highest BCUT2D eigenvalue weighted by Gasteiger charge is 2.26. The predicted molar refractivity (Wildman–Crippen MR) is 79.8 cm³/mol. The van der Waals surface area contributed by atoms with Gasteiger partial charge in [-0.25, -0.2) is 4.98 Å². The maximum atomic E-state index is 8.86. The molecule has 0 atom stereocenters. The van der Waals surface area contributed by atoms with Gasteiger partial charge in [0.1, 0.15) is 11.0 Å². The molecule has 2 heterocycles. The number of anilines is 3. The molecule has 0 bridgehead atoms. The standard InChI is InChI=1S/C14H15ClN4O/c15-12-11-6-8-19(10-4-2-1-3-5-10)13(11)18-14(17-12)16-7-9-20/h1-5,20H,6-9H2,(H,16,17,18). The van der Waals surface area contributed by atoms with Gasteiger partial charge in [-0.05, 0) is 18.6 Å². The van der Waals surface area contributed by atoms with Gasteiger partial charge in [0.15, 0.2) is 0 Å². The van der Waals surface area contributed by atoms with Crippen LogP contribution in [0, 0.1) is 0 Å². The Balaban J connectivity index is 1.97. The first-order valence-corrected chi connectivity index (χ1v) is 6.91. The van der Waals surface area contributed by atoms with Crippen LogP contribution in [0.2, 0.25) is 5.15 Å². The molecule has 0 aliphatic carbocycles. The Morgan fingerprint density at radius 3 is 2.80 bits per heavy atom. The highest BCUT2D eigenvalue weighted by Crippen LogP contribution is 2.36. The van der Waals surface area contributed by atoms with E-state index in [1.165, 1.54) is 0 Å². The lowest BCUT2D eigenvalue weighted by molar-refractivity contribution is 0.311. The van der Waals surface area contributed by atoms with Gasteiger partial charge in [0, 0.05) is 24.3 Å². The molecule has 0 saturated heterocycles. The molecule has 1 aliphatic rings. The second-order valence-electron chi connectivity index (χ2n) is 4.53. The van der Waals surface area contributed by atoms with E-state index in [9.17, 15) is 0 Å². The molecular weight excluding hydrogens is 276 g/mol. The van der Waals surface area contributed by atoms with Crippen LogP contribution >= 0.6 is 11.6 Å². The van der Waals surface area contributed by atoms with E-state index < -0.39 is 0 Å². The fourth-order valence-corrected chi connectivity index (χ4v) is 2.58. The molecule has 1 aromatic heterocycles. The number of rotatable bonds is 4. The summed E-state index contributed by atoms with van der Waals surface area (Å²) in [5, 5.41) is 12.3. The molecule has 0 unspecified atom stereocenters. The molecule has 0 saturated carbocycles. The third kappa shape index (κ3) is 2.42. The Morgan fingerprint density at radius 2 is 2.05 bits per heavy atom. The Hall–Kier alpha value is -1.85. The minimum atomic E-state index is 0.0282. The van der Waals surface area contributed by atoms with Crippen molar-refractivity contribution in [2.24, 2.45) is 0 Å². The van der Waals surface area contributed by atoms with Crippen LogP contribution in [0.25, 0.3) is 0 Å². The summed E-state index contributed by atoms with van der Waals surface area (Å²) in [6.45, 7) is 1.28. The second kappa shape index (κ2) is 5.64. The zero-order valence-electron chi connectivity index (χ0n) is 10.9. The molecule has 0 radical (unpaired) electrons. The largest absolute Gasteiger partial charge is 0.395 e. The minimum Gasteiger partial charge on any atom is -0.395 e. The van der Waals surface area contributed by atoms with E-state index in [4.69, 9.17) is 16.7 Å². The fraction of sp³-hybridized carbons (Fsp3) is 0.286. The SMILES string of the molecule is OCCNc1nc(Cl)c2c(n1)N(c1ccccc1)CC2. The topological polar surface area (TPSA) is 61.3 Å². The number of nitrogens with one attached hydrogen (secondary N) is 1. The van der Waals surface area contributed by atoms with Gasteiger partial charge in [0.2, 0.25) is 5.95 Å². The Morgan fingerprint density at radius 1 is 1.25 bits per heavy atom. The predicted octanol–water partition coefficient (Wildman–Crippen LogP) is 2.23. The van der Waals surface area contributed by atoms with E-state index in [0.717, 1.165) is 30.0 Å². The molecule has 6 heteroatoms. The van der Waals surface area contributed by atoms with Crippen LogP contribution in [0.15, 0.2) is 30.3 Å². The average molecular weight is 291 g/mol. The van der Waals surface area contributed by atoms with Crippen LogP contribution in [-0.2, 0) is 6.42 Å². The summed E-state index contributed by atoms with van der Waals surface area (Å²) in [7, 11) is 0. The summed E-state index contributed by atoms with van der Waals surface area (Å²) in [6.07, 6.45) is 0.837. The van der Waals surface area contributed by atoms with Crippen molar-refractivity contribution in [3.8, 4) is 0 Å². The van der Waals surface area contributed by atoms with Crippen molar-refractivity contribution in [3.05, 3.63) is 41.0 Å². The molecule has 0 fully saturated rings. The van der Waals surface area contributed by atoms with E-state index in [1.807, 2.05) is 30.3 Å². The van der Waals surface area contributed by atoms with Gasteiger partial charge in [-0.1, -0.05) is 29.8 Å². The van der Waals surface area contributed by atoms with Crippen molar-refractivity contribution in [2.75, 3.05) is 29.9 Å². The number of para-hydroxylation sites is 1. The summed E-state index contributed by atoms with van der Waals surface area (Å²) in [5.41, 5.74) is 2.07. The Kier molecular flexibility index (Phi) is 3.71. The monoisotopic (exact) mass is 290 g/mol. The number of nitrogens with zero attached hydrogens (tertiary/aromatic N) is 3. The summed E-state index contributed by atoms with van der Waals surface area (Å²) in [6, 6.07) is 10.1. The van der Waals surface area contributed by atoms with E-state index in [2.05, 4.69) is 20.2 Å². The smallest absolute Gasteiger partial charge is 0.226 e. The summed E-state index contributed by atoms with van der Waals surface area (Å²) in [5.74, 6) is 1.29. The zero-order chi connectivity index (χ0) is 13.9. The Bertz CT molecular complexity index is 606. The van der Waals surface area contributed by atoms with Crippen molar-refractivity contribution in [2.45, 2.75) is 6.42 Å². The average Bonchev–Trinajstić information content (AvgIpc) is 2.90. The first kappa shape index (κ1) is 13.1. The number of aliphatic hydroxyl groups is 1.